The van der Waals surface area contributed by atoms with Crippen molar-refractivity contribution in [3.63, 3.8) is 0 Å². The van der Waals surface area contributed by atoms with Crippen molar-refractivity contribution in [2.24, 2.45) is 0 Å². The lowest BCUT2D eigenvalue weighted by molar-refractivity contribution is -0.137. The molecule has 1 amide bonds. The third-order valence-electron chi connectivity index (χ3n) is 3.80. The van der Waals surface area contributed by atoms with E-state index in [-0.39, 0.29) is 5.69 Å². The van der Waals surface area contributed by atoms with Crippen LogP contribution in [-0.4, -0.2) is 27.1 Å². The second-order valence-electron chi connectivity index (χ2n) is 6.18. The van der Waals surface area contributed by atoms with Gasteiger partial charge in [-0.25, -0.2) is 8.42 Å². The van der Waals surface area contributed by atoms with Gasteiger partial charge in [0.25, 0.3) is 0 Å². The van der Waals surface area contributed by atoms with Gasteiger partial charge >= 0.3 is 6.18 Å². The maximum atomic E-state index is 12.6. The summed E-state index contributed by atoms with van der Waals surface area (Å²) in [6, 6.07) is 9.04. The Morgan fingerprint density at radius 1 is 1.07 bits per heavy atom. The molecule has 2 aromatic carbocycles. The number of sulfonamides is 1. The number of nitrogens with one attached hydrogen (secondary N) is 1. The summed E-state index contributed by atoms with van der Waals surface area (Å²) in [6.45, 7) is 3.09. The third-order valence-corrected chi connectivity index (χ3v) is 4.93. The van der Waals surface area contributed by atoms with Crippen LogP contribution in [0.5, 0.6) is 0 Å². The molecule has 2 rings (SSSR count). The molecule has 0 aromatic heterocycles. The zero-order valence-electron chi connectivity index (χ0n) is 15.0. The molecule has 0 saturated carbocycles. The van der Waals surface area contributed by atoms with E-state index in [1.807, 2.05) is 6.92 Å². The highest BCUT2D eigenvalue weighted by Crippen LogP contribution is 2.30. The van der Waals surface area contributed by atoms with Gasteiger partial charge in [0.1, 0.15) is 6.54 Å². The van der Waals surface area contributed by atoms with Gasteiger partial charge in [-0.15, -0.1) is 0 Å². The predicted octanol–water partition coefficient (Wildman–Crippen LogP) is 3.73. The fourth-order valence-corrected chi connectivity index (χ4v) is 3.45. The van der Waals surface area contributed by atoms with Crippen LogP contribution in [0.4, 0.5) is 24.5 Å². The second kappa shape index (κ2) is 7.59. The molecule has 27 heavy (non-hydrogen) atoms. The zero-order valence-corrected chi connectivity index (χ0v) is 15.8. The van der Waals surface area contributed by atoms with Crippen LogP contribution in [0, 0.1) is 13.8 Å². The molecule has 0 aliphatic heterocycles. The average Bonchev–Trinajstić information content (AvgIpc) is 2.52. The number of aryl methyl sites for hydroxylation is 2. The minimum Gasteiger partial charge on any atom is -0.325 e. The molecule has 146 valence electrons. The van der Waals surface area contributed by atoms with Crippen molar-refractivity contribution in [2.45, 2.75) is 20.0 Å². The molecular weight excluding hydrogens is 381 g/mol. The van der Waals surface area contributed by atoms with Gasteiger partial charge in [0.2, 0.25) is 15.9 Å². The molecule has 0 aliphatic rings. The molecule has 0 spiro atoms. The molecule has 0 fully saturated rings. The number of anilines is 2. The van der Waals surface area contributed by atoms with Crippen LogP contribution in [0.1, 0.15) is 16.7 Å². The number of hydrogen-bond donors (Lipinski definition) is 1. The standard InChI is InChI=1S/C18H19F3N2O3S/c1-12-4-9-16(13(2)10-12)23(27(3,25)26)11-17(24)22-15-7-5-14(6-8-15)18(19,20)21/h4-10H,11H2,1-3H3,(H,22,24). The smallest absolute Gasteiger partial charge is 0.325 e. The molecular formula is C18H19F3N2O3S. The Labute approximate surface area is 155 Å². The molecule has 0 bridgehead atoms. The number of halogens is 3. The lowest BCUT2D eigenvalue weighted by atomic mass is 10.1. The molecule has 0 radical (unpaired) electrons. The van der Waals surface area contributed by atoms with E-state index in [0.29, 0.717) is 11.3 Å². The Hall–Kier alpha value is -2.55. The fraction of sp³-hybridized carbons (Fsp3) is 0.278. The number of nitrogens with zero attached hydrogens (tertiary/aromatic N) is 1. The van der Waals surface area contributed by atoms with Gasteiger partial charge in [-0.05, 0) is 49.7 Å². The van der Waals surface area contributed by atoms with Crippen LogP contribution in [-0.2, 0) is 21.0 Å². The number of benzene rings is 2. The van der Waals surface area contributed by atoms with E-state index in [1.165, 1.54) is 0 Å². The largest absolute Gasteiger partial charge is 0.416 e. The van der Waals surface area contributed by atoms with Crippen LogP contribution in [0.15, 0.2) is 42.5 Å². The lowest BCUT2D eigenvalue weighted by Crippen LogP contribution is -2.37. The molecule has 9 heteroatoms. The first-order valence-electron chi connectivity index (χ1n) is 7.90. The van der Waals surface area contributed by atoms with E-state index in [9.17, 15) is 26.4 Å². The molecule has 0 heterocycles. The van der Waals surface area contributed by atoms with Crippen molar-refractivity contribution in [1.29, 1.82) is 0 Å². The van der Waals surface area contributed by atoms with Crippen LogP contribution in [0.25, 0.3) is 0 Å². The zero-order chi connectivity index (χ0) is 20.4. The molecule has 0 saturated heterocycles. The van der Waals surface area contributed by atoms with Crippen LogP contribution >= 0.6 is 0 Å². The van der Waals surface area contributed by atoms with E-state index in [4.69, 9.17) is 0 Å². The highest BCUT2D eigenvalue weighted by atomic mass is 32.2. The number of carbonyl (C=O) groups excluding carboxylic acids is 1. The summed E-state index contributed by atoms with van der Waals surface area (Å²) in [5.41, 5.74) is 1.29. The van der Waals surface area contributed by atoms with Crippen molar-refractivity contribution in [3.8, 4) is 0 Å². The molecule has 5 nitrogen and oxygen atoms in total. The molecule has 2 aromatic rings. The molecule has 0 atom stereocenters. The number of hydrogen-bond acceptors (Lipinski definition) is 3. The SMILES string of the molecule is Cc1ccc(N(CC(=O)Nc2ccc(C(F)(F)F)cc2)S(C)(=O)=O)c(C)c1. The van der Waals surface area contributed by atoms with Crippen molar-refractivity contribution in [2.75, 3.05) is 22.4 Å². The van der Waals surface area contributed by atoms with E-state index in [1.54, 1.807) is 25.1 Å². The van der Waals surface area contributed by atoms with E-state index >= 15 is 0 Å². The van der Waals surface area contributed by atoms with Gasteiger partial charge < -0.3 is 5.32 Å². The Kier molecular flexibility index (Phi) is 5.84. The van der Waals surface area contributed by atoms with Crippen molar-refractivity contribution >= 4 is 27.3 Å². The number of alkyl halides is 3. The monoisotopic (exact) mass is 400 g/mol. The molecule has 1 N–H and O–H groups in total. The van der Waals surface area contributed by atoms with E-state index in [2.05, 4.69) is 5.32 Å². The minimum atomic E-state index is -4.47. The average molecular weight is 400 g/mol. The van der Waals surface area contributed by atoms with Crippen LogP contribution in [0.2, 0.25) is 0 Å². The fourth-order valence-electron chi connectivity index (χ4n) is 2.54. The Morgan fingerprint density at radius 2 is 1.67 bits per heavy atom. The first-order valence-corrected chi connectivity index (χ1v) is 9.75. The molecule has 0 unspecified atom stereocenters. The van der Waals surface area contributed by atoms with E-state index in [0.717, 1.165) is 40.4 Å². The maximum Gasteiger partial charge on any atom is 0.416 e. The summed E-state index contributed by atoms with van der Waals surface area (Å²) in [4.78, 5) is 12.3. The summed E-state index contributed by atoms with van der Waals surface area (Å²) in [6.07, 6.45) is -3.49. The van der Waals surface area contributed by atoms with E-state index < -0.39 is 34.2 Å². The summed E-state index contributed by atoms with van der Waals surface area (Å²) in [5.74, 6) is -0.667. The first-order chi connectivity index (χ1) is 12.4. The van der Waals surface area contributed by atoms with Crippen molar-refractivity contribution in [3.05, 3.63) is 59.2 Å². The Bertz CT molecular complexity index is 939. The normalized spacial score (nSPS) is 11.9. The first kappa shape index (κ1) is 20.8. The highest BCUT2D eigenvalue weighted by molar-refractivity contribution is 7.92. The summed E-state index contributed by atoms with van der Waals surface area (Å²) in [7, 11) is -3.74. The third kappa shape index (κ3) is 5.46. The number of rotatable bonds is 5. The Morgan fingerprint density at radius 3 is 2.15 bits per heavy atom. The van der Waals surface area contributed by atoms with Gasteiger partial charge in [-0.3, -0.25) is 9.10 Å². The van der Waals surface area contributed by atoms with Gasteiger partial charge in [0.05, 0.1) is 17.5 Å². The maximum absolute atomic E-state index is 12.6. The summed E-state index contributed by atoms with van der Waals surface area (Å²) < 4.78 is 63.0. The number of carbonyl (C=O) groups is 1. The van der Waals surface area contributed by atoms with Gasteiger partial charge in [0.15, 0.2) is 0 Å². The topological polar surface area (TPSA) is 66.5 Å². The van der Waals surface area contributed by atoms with Crippen LogP contribution in [0.3, 0.4) is 0 Å². The minimum absolute atomic E-state index is 0.141. The molecule has 0 aliphatic carbocycles. The van der Waals surface area contributed by atoms with Gasteiger partial charge in [-0.1, -0.05) is 17.7 Å². The van der Waals surface area contributed by atoms with Gasteiger partial charge in [0, 0.05) is 5.69 Å². The summed E-state index contributed by atoms with van der Waals surface area (Å²) in [5, 5.41) is 2.41. The van der Waals surface area contributed by atoms with Crippen LogP contribution < -0.4 is 9.62 Å². The summed E-state index contributed by atoms with van der Waals surface area (Å²) >= 11 is 0. The predicted molar refractivity (Wildman–Crippen MR) is 98.2 cm³/mol. The van der Waals surface area contributed by atoms with Gasteiger partial charge in [-0.2, -0.15) is 13.2 Å². The Balaban J connectivity index is 2.20. The van der Waals surface area contributed by atoms with Crippen molar-refractivity contribution < 1.29 is 26.4 Å². The quantitative estimate of drug-likeness (QED) is 0.832. The second-order valence-corrected chi connectivity index (χ2v) is 8.09. The van der Waals surface area contributed by atoms with Crippen molar-refractivity contribution in [1.82, 2.24) is 0 Å². The highest BCUT2D eigenvalue weighted by Gasteiger charge is 2.30. The lowest BCUT2D eigenvalue weighted by Gasteiger charge is -2.24. The number of amides is 1.